The molecule has 0 aromatic carbocycles. The van der Waals surface area contributed by atoms with Gasteiger partial charge in [-0.3, -0.25) is 0 Å². The van der Waals surface area contributed by atoms with Crippen LogP contribution in [0.5, 0.6) is 0 Å². The first-order valence-corrected chi connectivity index (χ1v) is 6.39. The summed E-state index contributed by atoms with van der Waals surface area (Å²) in [6.07, 6.45) is 2.56. The van der Waals surface area contributed by atoms with Crippen LogP contribution in [0.3, 0.4) is 0 Å². The molecule has 0 aliphatic heterocycles. The smallest absolute Gasteiger partial charge is 0.0242 e. The molecule has 0 aromatic rings. The Bertz CT molecular complexity index is 139. The van der Waals surface area contributed by atoms with Crippen molar-refractivity contribution in [2.75, 3.05) is 27.2 Å². The predicted molar refractivity (Wildman–Crippen MR) is 69.3 cm³/mol. The monoisotopic (exact) mass is 214 g/mol. The Labute approximate surface area is 96.4 Å². The highest BCUT2D eigenvalue weighted by Gasteiger charge is 2.19. The van der Waals surface area contributed by atoms with Crippen LogP contribution in [-0.2, 0) is 0 Å². The number of nitrogens with zero attached hydrogens (tertiary/aromatic N) is 1. The molecule has 1 unspecified atom stereocenters. The first-order chi connectivity index (χ1) is 7.02. The Morgan fingerprint density at radius 1 is 1.00 bits per heavy atom. The molecule has 1 N–H and O–H groups in total. The molecule has 0 aliphatic carbocycles. The van der Waals surface area contributed by atoms with E-state index < -0.39 is 0 Å². The molecular formula is C13H30N2. The highest BCUT2D eigenvalue weighted by Crippen LogP contribution is 2.16. The molecule has 92 valence electrons. The van der Waals surface area contributed by atoms with Gasteiger partial charge in [-0.15, -0.1) is 0 Å². The summed E-state index contributed by atoms with van der Waals surface area (Å²) in [5.74, 6) is 1.56. The van der Waals surface area contributed by atoms with E-state index in [2.05, 4.69) is 52.0 Å². The minimum Gasteiger partial charge on any atom is -0.315 e. The quantitative estimate of drug-likeness (QED) is 0.668. The van der Waals surface area contributed by atoms with Gasteiger partial charge in [0.05, 0.1) is 0 Å². The Hall–Kier alpha value is -0.0800. The topological polar surface area (TPSA) is 15.3 Å². The first-order valence-electron chi connectivity index (χ1n) is 6.39. The summed E-state index contributed by atoms with van der Waals surface area (Å²) in [7, 11) is 4.39. The number of hydrogen-bond acceptors (Lipinski definition) is 2. The highest BCUT2D eigenvalue weighted by molar-refractivity contribution is 4.77. The number of nitrogens with one attached hydrogen (secondary N) is 1. The number of hydrogen-bond donors (Lipinski definition) is 1. The molecule has 15 heavy (non-hydrogen) atoms. The maximum atomic E-state index is 3.57. The van der Waals surface area contributed by atoms with Crippen LogP contribution in [0.15, 0.2) is 0 Å². The number of likely N-dealkylation sites (N-methyl/N-ethyl adjacent to an activating group) is 1. The second-order valence-electron chi connectivity index (χ2n) is 5.16. The van der Waals surface area contributed by atoms with Crippen LogP contribution >= 0.6 is 0 Å². The van der Waals surface area contributed by atoms with Crippen molar-refractivity contribution in [3.8, 4) is 0 Å². The molecule has 0 spiro atoms. The first kappa shape index (κ1) is 14.9. The van der Waals surface area contributed by atoms with E-state index in [-0.39, 0.29) is 0 Å². The molecule has 0 amide bonds. The van der Waals surface area contributed by atoms with Crippen LogP contribution in [0.1, 0.15) is 40.5 Å². The molecule has 0 bridgehead atoms. The largest absolute Gasteiger partial charge is 0.315 e. The van der Waals surface area contributed by atoms with Crippen LogP contribution in [-0.4, -0.2) is 38.1 Å². The molecule has 1 atom stereocenters. The van der Waals surface area contributed by atoms with E-state index in [1.807, 2.05) is 0 Å². The van der Waals surface area contributed by atoms with Crippen LogP contribution in [0.2, 0.25) is 0 Å². The molecule has 0 saturated heterocycles. The Balaban J connectivity index is 4.03. The summed E-state index contributed by atoms with van der Waals surface area (Å²) in [6, 6.07) is 0.679. The summed E-state index contributed by atoms with van der Waals surface area (Å²) in [4.78, 5) is 2.37. The van der Waals surface area contributed by atoms with E-state index in [1.54, 1.807) is 0 Å². The van der Waals surface area contributed by atoms with E-state index in [1.165, 1.54) is 12.8 Å². The van der Waals surface area contributed by atoms with Crippen LogP contribution in [0.4, 0.5) is 0 Å². The second kappa shape index (κ2) is 8.12. The molecular weight excluding hydrogens is 184 g/mol. The fourth-order valence-corrected chi connectivity index (χ4v) is 2.12. The maximum Gasteiger partial charge on any atom is 0.0242 e. The summed E-state index contributed by atoms with van der Waals surface area (Å²) in [5.41, 5.74) is 0. The van der Waals surface area contributed by atoms with Gasteiger partial charge >= 0.3 is 0 Å². The third-order valence-electron chi connectivity index (χ3n) is 3.16. The molecule has 0 fully saturated rings. The minimum atomic E-state index is 0.679. The van der Waals surface area contributed by atoms with Crippen molar-refractivity contribution < 1.29 is 0 Å². The average Bonchev–Trinajstić information content (AvgIpc) is 2.16. The van der Waals surface area contributed by atoms with Crippen molar-refractivity contribution in [2.24, 2.45) is 11.8 Å². The zero-order chi connectivity index (χ0) is 11.8. The molecule has 0 aromatic heterocycles. The van der Waals surface area contributed by atoms with E-state index in [0.29, 0.717) is 6.04 Å². The maximum absolute atomic E-state index is 3.57. The van der Waals surface area contributed by atoms with Crippen LogP contribution in [0.25, 0.3) is 0 Å². The minimum absolute atomic E-state index is 0.679. The second-order valence-corrected chi connectivity index (χ2v) is 5.16. The van der Waals surface area contributed by atoms with Crippen LogP contribution < -0.4 is 5.32 Å². The van der Waals surface area contributed by atoms with Gasteiger partial charge in [0.1, 0.15) is 0 Å². The van der Waals surface area contributed by atoms with Gasteiger partial charge in [0, 0.05) is 12.6 Å². The lowest BCUT2D eigenvalue weighted by atomic mass is 9.93. The van der Waals surface area contributed by atoms with Gasteiger partial charge in [0.25, 0.3) is 0 Å². The Kier molecular flexibility index (Phi) is 8.07. The fourth-order valence-electron chi connectivity index (χ4n) is 2.12. The van der Waals surface area contributed by atoms with Gasteiger partial charge in [-0.2, -0.15) is 0 Å². The zero-order valence-corrected chi connectivity index (χ0v) is 11.5. The summed E-state index contributed by atoms with van der Waals surface area (Å²) < 4.78 is 0. The van der Waals surface area contributed by atoms with E-state index in [0.717, 1.165) is 24.9 Å². The molecule has 0 radical (unpaired) electrons. The van der Waals surface area contributed by atoms with Gasteiger partial charge in [0.2, 0.25) is 0 Å². The fraction of sp³-hybridized carbons (Fsp3) is 1.00. The standard InChI is InChI=1S/C13H30N2/c1-7-12(8-2)13(15(5)6)10-14-9-11(3)4/h11-14H,7-10H2,1-6H3. The van der Waals surface area contributed by atoms with Crippen molar-refractivity contribution in [3.63, 3.8) is 0 Å². The summed E-state index contributed by atoms with van der Waals surface area (Å²) in [6.45, 7) is 11.4. The van der Waals surface area contributed by atoms with Crippen molar-refractivity contribution >= 4 is 0 Å². The molecule has 0 heterocycles. The summed E-state index contributed by atoms with van der Waals surface area (Å²) in [5, 5.41) is 3.57. The van der Waals surface area contributed by atoms with Crippen molar-refractivity contribution in [2.45, 2.75) is 46.6 Å². The Morgan fingerprint density at radius 2 is 1.53 bits per heavy atom. The summed E-state index contributed by atoms with van der Waals surface area (Å²) >= 11 is 0. The molecule has 0 rings (SSSR count). The predicted octanol–water partition coefficient (Wildman–Crippen LogP) is 2.60. The third-order valence-corrected chi connectivity index (χ3v) is 3.16. The lowest BCUT2D eigenvalue weighted by molar-refractivity contribution is 0.193. The van der Waals surface area contributed by atoms with Gasteiger partial charge < -0.3 is 10.2 Å². The van der Waals surface area contributed by atoms with E-state index in [9.17, 15) is 0 Å². The van der Waals surface area contributed by atoms with Crippen LogP contribution in [0, 0.1) is 11.8 Å². The number of rotatable bonds is 8. The van der Waals surface area contributed by atoms with E-state index in [4.69, 9.17) is 0 Å². The molecule has 2 nitrogen and oxygen atoms in total. The lowest BCUT2D eigenvalue weighted by Crippen LogP contribution is -2.43. The SMILES string of the molecule is CCC(CC)C(CNCC(C)C)N(C)C. The van der Waals surface area contributed by atoms with Gasteiger partial charge in [-0.25, -0.2) is 0 Å². The lowest BCUT2D eigenvalue weighted by Gasteiger charge is -2.31. The van der Waals surface area contributed by atoms with Gasteiger partial charge in [0.15, 0.2) is 0 Å². The molecule has 2 heteroatoms. The van der Waals surface area contributed by atoms with Gasteiger partial charge in [-0.05, 0) is 32.5 Å². The van der Waals surface area contributed by atoms with Gasteiger partial charge in [-0.1, -0.05) is 40.5 Å². The molecule has 0 aliphatic rings. The third kappa shape index (κ3) is 6.16. The van der Waals surface area contributed by atoms with Crippen molar-refractivity contribution in [1.29, 1.82) is 0 Å². The van der Waals surface area contributed by atoms with Crippen molar-refractivity contribution in [1.82, 2.24) is 10.2 Å². The normalized spacial score (nSPS) is 14.2. The van der Waals surface area contributed by atoms with E-state index >= 15 is 0 Å². The highest BCUT2D eigenvalue weighted by atomic mass is 15.1. The molecule has 0 saturated carbocycles. The average molecular weight is 214 g/mol. The zero-order valence-electron chi connectivity index (χ0n) is 11.5. The van der Waals surface area contributed by atoms with Crippen molar-refractivity contribution in [3.05, 3.63) is 0 Å². The Morgan fingerprint density at radius 3 is 1.87 bits per heavy atom.